The van der Waals surface area contributed by atoms with Crippen molar-refractivity contribution in [1.29, 1.82) is 0 Å². The van der Waals surface area contributed by atoms with Crippen molar-refractivity contribution in [3.63, 3.8) is 0 Å². The molecule has 140 valence electrons. The van der Waals surface area contributed by atoms with E-state index in [9.17, 15) is 4.79 Å². The minimum Gasteiger partial charge on any atom is -0.494 e. The molecule has 2 rings (SSSR count). The summed E-state index contributed by atoms with van der Waals surface area (Å²) in [5.74, 6) is 0.550. The molecule has 5 N–H and O–H groups in total. The van der Waals surface area contributed by atoms with Crippen LogP contribution in [0.15, 0.2) is 83.5 Å². The molecule has 0 saturated heterocycles. The van der Waals surface area contributed by atoms with E-state index in [0.717, 1.165) is 12.2 Å². The number of nitrogens with two attached hydrogens (primary N) is 2. The van der Waals surface area contributed by atoms with Crippen molar-refractivity contribution in [2.45, 2.75) is 6.42 Å². The smallest absolute Gasteiger partial charge is 0.248 e. The summed E-state index contributed by atoms with van der Waals surface area (Å²) in [6, 6.07) is 16.7. The molecule has 0 spiro atoms. The number of ether oxygens (including phenoxy) is 1. The van der Waals surface area contributed by atoms with E-state index in [0.29, 0.717) is 30.1 Å². The second kappa shape index (κ2) is 11.1. The topological polar surface area (TPSA) is 103 Å². The maximum absolute atomic E-state index is 12.0. The number of rotatable bonds is 9. The minimum atomic E-state index is -0.295. The Labute approximate surface area is 159 Å². The normalized spacial score (nSPS) is 11.8. The van der Waals surface area contributed by atoms with Crippen molar-refractivity contribution >= 4 is 23.5 Å². The Kier molecular flexibility index (Phi) is 8.17. The summed E-state index contributed by atoms with van der Waals surface area (Å²) in [7, 11) is 0. The number of hydrogen-bond donors (Lipinski definition) is 3. The monoisotopic (exact) mass is 364 g/mol. The molecule has 1 amide bonds. The summed E-state index contributed by atoms with van der Waals surface area (Å²) >= 11 is 0. The first-order chi connectivity index (χ1) is 13.2. The standard InChI is InChI=1S/C21H24N4O2/c22-15-17(11-12-21(26)25-20-10-5-4-9-19(20)23)16-24-13-6-14-27-18-7-2-1-3-8-18/h1-5,7-12,15-16H,6,13-14,22-23H2,(H,25,26)/b12-11+,17-15?,24-16?. The highest BCUT2D eigenvalue weighted by atomic mass is 16.5. The second-order valence-corrected chi connectivity index (χ2v) is 5.63. The van der Waals surface area contributed by atoms with Gasteiger partial charge in [0.05, 0.1) is 18.0 Å². The van der Waals surface area contributed by atoms with Gasteiger partial charge in [-0.1, -0.05) is 30.3 Å². The summed E-state index contributed by atoms with van der Waals surface area (Å²) < 4.78 is 5.59. The Morgan fingerprint density at radius 2 is 1.81 bits per heavy atom. The summed E-state index contributed by atoms with van der Waals surface area (Å²) in [6.45, 7) is 1.19. The summed E-state index contributed by atoms with van der Waals surface area (Å²) in [5, 5.41) is 2.71. The lowest BCUT2D eigenvalue weighted by Crippen LogP contribution is -2.09. The van der Waals surface area contributed by atoms with Crippen molar-refractivity contribution in [2.75, 3.05) is 24.2 Å². The number of amides is 1. The Bertz CT molecular complexity index is 814. The van der Waals surface area contributed by atoms with Gasteiger partial charge in [-0.2, -0.15) is 0 Å². The van der Waals surface area contributed by atoms with E-state index < -0.39 is 0 Å². The van der Waals surface area contributed by atoms with Crippen LogP contribution in [0.3, 0.4) is 0 Å². The van der Waals surface area contributed by atoms with Crippen molar-refractivity contribution in [1.82, 2.24) is 0 Å². The van der Waals surface area contributed by atoms with E-state index in [1.807, 2.05) is 30.3 Å². The van der Waals surface area contributed by atoms with Crippen LogP contribution in [-0.2, 0) is 4.79 Å². The molecule has 0 atom stereocenters. The molecule has 0 aromatic heterocycles. The molecule has 2 aromatic rings. The van der Waals surface area contributed by atoms with E-state index in [4.69, 9.17) is 16.2 Å². The molecular formula is C21H24N4O2. The number of nitrogens with zero attached hydrogens (tertiary/aromatic N) is 1. The lowest BCUT2D eigenvalue weighted by atomic mass is 10.2. The van der Waals surface area contributed by atoms with E-state index in [1.54, 1.807) is 36.6 Å². The number of aliphatic imine (C=N–C) groups is 1. The van der Waals surface area contributed by atoms with Crippen LogP contribution in [0, 0.1) is 0 Å². The van der Waals surface area contributed by atoms with Crippen molar-refractivity contribution in [3.05, 3.63) is 78.5 Å². The van der Waals surface area contributed by atoms with Gasteiger partial charge >= 0.3 is 0 Å². The molecule has 0 bridgehead atoms. The Hall–Kier alpha value is -3.54. The molecule has 0 aliphatic carbocycles. The number of allylic oxidation sites excluding steroid dienone is 2. The van der Waals surface area contributed by atoms with Gasteiger partial charge in [-0.05, 0) is 30.3 Å². The quantitative estimate of drug-likeness (QED) is 0.209. The molecule has 0 fully saturated rings. The molecule has 0 radical (unpaired) electrons. The first kappa shape index (κ1) is 19.8. The molecule has 6 nitrogen and oxygen atoms in total. The SMILES string of the molecule is NC=C(C=NCCCOc1ccccc1)/C=C/C(=O)Nc1ccccc1N. The van der Waals surface area contributed by atoms with E-state index in [-0.39, 0.29) is 5.91 Å². The van der Waals surface area contributed by atoms with Gasteiger partial charge in [0.1, 0.15) is 5.75 Å². The number of hydrogen-bond acceptors (Lipinski definition) is 5. The van der Waals surface area contributed by atoms with Crippen LogP contribution >= 0.6 is 0 Å². The fourth-order valence-corrected chi connectivity index (χ4v) is 2.13. The Morgan fingerprint density at radius 1 is 1.07 bits per heavy atom. The zero-order chi connectivity index (χ0) is 19.3. The fraction of sp³-hybridized carbons (Fsp3) is 0.143. The van der Waals surface area contributed by atoms with Gasteiger partial charge in [-0.15, -0.1) is 0 Å². The zero-order valence-corrected chi connectivity index (χ0v) is 15.0. The Balaban J connectivity index is 1.72. The molecule has 2 aromatic carbocycles. The highest BCUT2D eigenvalue weighted by Gasteiger charge is 2.00. The average Bonchev–Trinajstić information content (AvgIpc) is 2.69. The molecular weight excluding hydrogens is 340 g/mol. The van der Waals surface area contributed by atoms with Crippen LogP contribution in [0.2, 0.25) is 0 Å². The lowest BCUT2D eigenvalue weighted by molar-refractivity contribution is -0.111. The van der Waals surface area contributed by atoms with Crippen LogP contribution < -0.4 is 21.5 Å². The van der Waals surface area contributed by atoms with Crippen molar-refractivity contribution in [3.8, 4) is 5.75 Å². The fourth-order valence-electron chi connectivity index (χ4n) is 2.13. The lowest BCUT2D eigenvalue weighted by Gasteiger charge is -2.05. The predicted octanol–water partition coefficient (Wildman–Crippen LogP) is 3.15. The third kappa shape index (κ3) is 7.48. The number of para-hydroxylation sites is 3. The van der Waals surface area contributed by atoms with Crippen LogP contribution in [0.25, 0.3) is 0 Å². The maximum Gasteiger partial charge on any atom is 0.248 e. The highest BCUT2D eigenvalue weighted by Crippen LogP contribution is 2.16. The first-order valence-corrected chi connectivity index (χ1v) is 8.62. The third-order valence-corrected chi connectivity index (χ3v) is 3.52. The number of carbonyl (C=O) groups excluding carboxylic acids is 1. The van der Waals surface area contributed by atoms with Gasteiger partial charge in [-0.3, -0.25) is 9.79 Å². The zero-order valence-electron chi connectivity index (χ0n) is 15.0. The van der Waals surface area contributed by atoms with E-state index >= 15 is 0 Å². The van der Waals surface area contributed by atoms with Crippen molar-refractivity contribution in [2.24, 2.45) is 10.7 Å². The number of benzene rings is 2. The van der Waals surface area contributed by atoms with Crippen LogP contribution in [0.5, 0.6) is 5.75 Å². The number of nitrogens with one attached hydrogen (secondary N) is 1. The molecule has 6 heteroatoms. The van der Waals surface area contributed by atoms with Gasteiger partial charge in [0.2, 0.25) is 5.91 Å². The second-order valence-electron chi connectivity index (χ2n) is 5.63. The third-order valence-electron chi connectivity index (χ3n) is 3.52. The van der Waals surface area contributed by atoms with Gasteiger partial charge in [0.15, 0.2) is 0 Å². The molecule has 0 aliphatic rings. The first-order valence-electron chi connectivity index (χ1n) is 8.62. The summed E-state index contributed by atoms with van der Waals surface area (Å²) in [4.78, 5) is 16.2. The maximum atomic E-state index is 12.0. The average molecular weight is 364 g/mol. The van der Waals surface area contributed by atoms with E-state index in [2.05, 4.69) is 10.3 Å². The van der Waals surface area contributed by atoms with Gasteiger partial charge in [-0.25, -0.2) is 0 Å². The van der Waals surface area contributed by atoms with E-state index in [1.165, 1.54) is 12.3 Å². The molecule has 0 saturated carbocycles. The Morgan fingerprint density at radius 3 is 2.56 bits per heavy atom. The number of carbonyl (C=O) groups is 1. The summed E-state index contributed by atoms with van der Waals surface area (Å²) in [6.07, 6.45) is 6.78. The molecule has 0 unspecified atom stereocenters. The highest BCUT2D eigenvalue weighted by molar-refractivity contribution is 6.02. The largest absolute Gasteiger partial charge is 0.494 e. The van der Waals surface area contributed by atoms with Crippen LogP contribution in [0.1, 0.15) is 6.42 Å². The minimum absolute atomic E-state index is 0.295. The summed E-state index contributed by atoms with van der Waals surface area (Å²) in [5.41, 5.74) is 13.1. The molecule has 0 heterocycles. The number of anilines is 2. The molecule has 27 heavy (non-hydrogen) atoms. The van der Waals surface area contributed by atoms with Gasteiger partial charge < -0.3 is 21.5 Å². The molecule has 0 aliphatic heterocycles. The van der Waals surface area contributed by atoms with Gasteiger partial charge in [0, 0.05) is 37.0 Å². The van der Waals surface area contributed by atoms with Gasteiger partial charge in [0.25, 0.3) is 0 Å². The van der Waals surface area contributed by atoms with Crippen LogP contribution in [-0.4, -0.2) is 25.3 Å². The van der Waals surface area contributed by atoms with Crippen molar-refractivity contribution < 1.29 is 9.53 Å². The number of nitrogen functional groups attached to an aromatic ring is 1. The van der Waals surface area contributed by atoms with Crippen LogP contribution in [0.4, 0.5) is 11.4 Å². The predicted molar refractivity (Wildman–Crippen MR) is 111 cm³/mol.